The van der Waals surface area contributed by atoms with Gasteiger partial charge in [0.2, 0.25) is 0 Å². The summed E-state index contributed by atoms with van der Waals surface area (Å²) in [7, 11) is 1.45. The Labute approximate surface area is 177 Å². The van der Waals surface area contributed by atoms with E-state index in [9.17, 15) is 19.2 Å². The van der Waals surface area contributed by atoms with Gasteiger partial charge in [-0.2, -0.15) is 0 Å². The third-order valence-electron chi connectivity index (χ3n) is 4.33. The molecule has 1 fully saturated rings. The fraction of sp³-hybridized carbons (Fsp3) is 0.0909. The van der Waals surface area contributed by atoms with Gasteiger partial charge in [-0.25, -0.2) is 14.5 Å². The predicted molar refractivity (Wildman–Crippen MR) is 111 cm³/mol. The van der Waals surface area contributed by atoms with E-state index >= 15 is 0 Å². The molecule has 2 N–H and O–H groups in total. The van der Waals surface area contributed by atoms with Crippen LogP contribution >= 0.6 is 0 Å². The first-order valence-corrected chi connectivity index (χ1v) is 9.02. The zero-order valence-electron chi connectivity index (χ0n) is 16.5. The number of rotatable bonds is 7. The number of aromatic carboxylic acids is 1. The molecule has 1 heterocycles. The van der Waals surface area contributed by atoms with Crippen molar-refractivity contribution in [3.63, 3.8) is 0 Å². The molecule has 9 nitrogen and oxygen atoms in total. The van der Waals surface area contributed by atoms with Crippen molar-refractivity contribution in [1.82, 2.24) is 5.32 Å². The Hall–Kier alpha value is -4.40. The number of nitrogens with zero attached hydrogens (tertiary/aromatic N) is 1. The van der Waals surface area contributed by atoms with E-state index in [0.29, 0.717) is 17.1 Å². The lowest BCUT2D eigenvalue weighted by Gasteiger charge is -2.26. The third-order valence-corrected chi connectivity index (χ3v) is 4.33. The second-order valence-corrected chi connectivity index (χ2v) is 6.32. The quantitative estimate of drug-likeness (QED) is 0.399. The zero-order chi connectivity index (χ0) is 22.5. The number of imide groups is 2. The lowest BCUT2D eigenvalue weighted by Crippen LogP contribution is -2.54. The van der Waals surface area contributed by atoms with E-state index in [1.165, 1.54) is 37.5 Å². The normalized spacial score (nSPS) is 14.9. The van der Waals surface area contributed by atoms with Crippen molar-refractivity contribution < 1.29 is 33.8 Å². The molecule has 1 aliphatic heterocycles. The van der Waals surface area contributed by atoms with Crippen molar-refractivity contribution in [1.29, 1.82) is 0 Å². The molecule has 0 aliphatic carbocycles. The van der Waals surface area contributed by atoms with E-state index in [2.05, 4.69) is 11.9 Å². The van der Waals surface area contributed by atoms with Crippen LogP contribution in [-0.2, 0) is 9.59 Å². The van der Waals surface area contributed by atoms with Gasteiger partial charge in [0.15, 0.2) is 11.5 Å². The number of ether oxygens (including phenoxy) is 2. The largest absolute Gasteiger partial charge is 0.493 e. The molecule has 0 unspecified atom stereocenters. The maximum absolute atomic E-state index is 12.9. The van der Waals surface area contributed by atoms with Crippen LogP contribution in [-0.4, -0.2) is 42.6 Å². The van der Waals surface area contributed by atoms with Gasteiger partial charge in [-0.1, -0.05) is 18.7 Å². The smallest absolute Gasteiger partial charge is 0.335 e. The SMILES string of the molecule is C=CCOc1ccc(/C=C2\C(=O)NC(=O)N(c3ccc(C(=O)O)cc3)C2=O)cc1OC. The Balaban J connectivity index is 1.95. The number of carboxylic acids is 1. The number of amides is 4. The van der Waals surface area contributed by atoms with Crippen molar-refractivity contribution in [2.75, 3.05) is 18.6 Å². The van der Waals surface area contributed by atoms with Gasteiger partial charge < -0.3 is 14.6 Å². The molecular weight excluding hydrogens is 404 g/mol. The molecule has 4 amide bonds. The minimum atomic E-state index is -1.15. The molecular formula is C22H18N2O7. The zero-order valence-corrected chi connectivity index (χ0v) is 16.5. The lowest BCUT2D eigenvalue weighted by atomic mass is 10.1. The predicted octanol–water partition coefficient (Wildman–Crippen LogP) is 2.62. The maximum Gasteiger partial charge on any atom is 0.335 e. The van der Waals surface area contributed by atoms with Gasteiger partial charge in [0.1, 0.15) is 12.2 Å². The fourth-order valence-corrected chi connectivity index (χ4v) is 2.85. The maximum atomic E-state index is 12.9. The number of urea groups is 1. The molecule has 0 spiro atoms. The Morgan fingerprint density at radius 3 is 2.45 bits per heavy atom. The van der Waals surface area contributed by atoms with Crippen LogP contribution in [0.3, 0.4) is 0 Å². The molecule has 0 atom stereocenters. The summed E-state index contributed by atoms with van der Waals surface area (Å²) in [5.41, 5.74) is 0.309. The Morgan fingerprint density at radius 1 is 1.13 bits per heavy atom. The van der Waals surface area contributed by atoms with Crippen molar-refractivity contribution in [3.8, 4) is 11.5 Å². The average Bonchev–Trinajstić information content (AvgIpc) is 2.75. The van der Waals surface area contributed by atoms with Crippen LogP contribution in [0, 0.1) is 0 Å². The van der Waals surface area contributed by atoms with Gasteiger partial charge in [0.05, 0.1) is 18.4 Å². The van der Waals surface area contributed by atoms with Crippen molar-refractivity contribution in [3.05, 3.63) is 71.8 Å². The van der Waals surface area contributed by atoms with Crippen LogP contribution in [0.4, 0.5) is 10.5 Å². The van der Waals surface area contributed by atoms with Gasteiger partial charge in [-0.05, 0) is 48.0 Å². The number of carbonyl (C=O) groups is 4. The molecule has 31 heavy (non-hydrogen) atoms. The summed E-state index contributed by atoms with van der Waals surface area (Å²) in [4.78, 5) is 49.3. The Kier molecular flexibility index (Phi) is 6.15. The standard InChI is InChI=1S/C22H18N2O7/c1-3-10-31-17-9-4-13(12-18(17)30-2)11-16-19(25)23-22(29)24(20(16)26)15-7-5-14(6-8-15)21(27)28/h3-9,11-12H,1,10H2,2H3,(H,27,28)(H,23,25,29)/b16-11+. The molecule has 0 bridgehead atoms. The Bertz CT molecular complexity index is 1100. The minimum Gasteiger partial charge on any atom is -0.493 e. The van der Waals surface area contributed by atoms with Crippen LogP contribution in [0.2, 0.25) is 0 Å². The number of carboxylic acid groups (broad SMARTS) is 1. The number of barbiturate groups is 1. The van der Waals surface area contributed by atoms with Crippen molar-refractivity contribution in [2.24, 2.45) is 0 Å². The molecule has 158 valence electrons. The third kappa shape index (κ3) is 4.45. The molecule has 0 saturated carbocycles. The van der Waals surface area contributed by atoms with E-state index in [-0.39, 0.29) is 23.4 Å². The number of methoxy groups -OCH3 is 1. The van der Waals surface area contributed by atoms with Gasteiger partial charge in [-0.15, -0.1) is 0 Å². The number of hydrogen-bond acceptors (Lipinski definition) is 6. The van der Waals surface area contributed by atoms with Crippen LogP contribution < -0.4 is 19.7 Å². The summed E-state index contributed by atoms with van der Waals surface area (Å²) in [5, 5.41) is 11.1. The van der Waals surface area contributed by atoms with E-state index in [1.807, 2.05) is 0 Å². The summed E-state index contributed by atoms with van der Waals surface area (Å²) in [5.74, 6) is -2.00. The molecule has 0 radical (unpaired) electrons. The van der Waals surface area contributed by atoms with Gasteiger partial charge in [0, 0.05) is 0 Å². The first-order chi connectivity index (χ1) is 14.8. The van der Waals surface area contributed by atoms with Crippen molar-refractivity contribution >= 4 is 35.6 Å². The highest BCUT2D eigenvalue weighted by atomic mass is 16.5. The summed E-state index contributed by atoms with van der Waals surface area (Å²) in [6.45, 7) is 3.85. The topological polar surface area (TPSA) is 122 Å². The van der Waals surface area contributed by atoms with Crippen molar-refractivity contribution in [2.45, 2.75) is 0 Å². The van der Waals surface area contributed by atoms with E-state index in [4.69, 9.17) is 14.6 Å². The minimum absolute atomic E-state index is 0.00804. The number of carbonyl (C=O) groups excluding carboxylic acids is 3. The summed E-state index contributed by atoms with van der Waals surface area (Å²) in [6, 6.07) is 9.02. The summed E-state index contributed by atoms with van der Waals surface area (Å²) < 4.78 is 10.8. The molecule has 1 saturated heterocycles. The summed E-state index contributed by atoms with van der Waals surface area (Å²) >= 11 is 0. The van der Waals surface area contributed by atoms with E-state index in [0.717, 1.165) is 4.90 Å². The van der Waals surface area contributed by atoms with Crippen LogP contribution in [0.1, 0.15) is 15.9 Å². The number of nitrogens with one attached hydrogen (secondary N) is 1. The number of benzene rings is 2. The summed E-state index contributed by atoms with van der Waals surface area (Å²) in [6.07, 6.45) is 2.90. The van der Waals surface area contributed by atoms with Crippen LogP contribution in [0.15, 0.2) is 60.7 Å². The Morgan fingerprint density at radius 2 is 1.84 bits per heavy atom. The van der Waals surface area contributed by atoms with E-state index < -0.39 is 23.8 Å². The fourth-order valence-electron chi connectivity index (χ4n) is 2.85. The second-order valence-electron chi connectivity index (χ2n) is 6.32. The number of anilines is 1. The highest BCUT2D eigenvalue weighted by Gasteiger charge is 2.36. The van der Waals surface area contributed by atoms with Gasteiger partial charge in [0.25, 0.3) is 11.8 Å². The number of hydrogen-bond donors (Lipinski definition) is 2. The first-order valence-electron chi connectivity index (χ1n) is 9.02. The molecule has 9 heteroatoms. The average molecular weight is 422 g/mol. The van der Waals surface area contributed by atoms with E-state index in [1.54, 1.807) is 24.3 Å². The van der Waals surface area contributed by atoms with Crippen LogP contribution in [0.25, 0.3) is 6.08 Å². The van der Waals surface area contributed by atoms with Gasteiger partial charge >= 0.3 is 12.0 Å². The monoisotopic (exact) mass is 422 g/mol. The van der Waals surface area contributed by atoms with Gasteiger partial charge in [-0.3, -0.25) is 14.9 Å². The molecule has 2 aromatic rings. The molecule has 1 aliphatic rings. The highest BCUT2D eigenvalue weighted by Crippen LogP contribution is 2.30. The highest BCUT2D eigenvalue weighted by molar-refractivity contribution is 6.39. The first kappa shape index (κ1) is 21.3. The second kappa shape index (κ2) is 8.95. The molecule has 3 rings (SSSR count). The van der Waals surface area contributed by atoms with Crippen LogP contribution in [0.5, 0.6) is 11.5 Å². The molecule has 0 aromatic heterocycles. The molecule has 2 aromatic carbocycles. The lowest BCUT2D eigenvalue weighted by molar-refractivity contribution is -0.122.